The number of nitrogens with zero attached hydrogens (tertiary/aromatic N) is 3. The number of nitrogens with one attached hydrogen (secondary N) is 3. The van der Waals surface area contributed by atoms with Crippen LogP contribution in [0.4, 0.5) is 16.3 Å². The molecule has 0 fully saturated rings. The molecule has 0 unspecified atom stereocenters. The van der Waals surface area contributed by atoms with Crippen molar-refractivity contribution in [3.05, 3.63) is 60.0 Å². The fourth-order valence-electron chi connectivity index (χ4n) is 2.39. The van der Waals surface area contributed by atoms with Gasteiger partial charge in [0.2, 0.25) is 0 Å². The van der Waals surface area contributed by atoms with Gasteiger partial charge in [-0.05, 0) is 24.3 Å². The predicted octanol–water partition coefficient (Wildman–Crippen LogP) is 4.41. The summed E-state index contributed by atoms with van der Waals surface area (Å²) in [5, 5.41) is 21.6. The first-order valence-corrected chi connectivity index (χ1v) is 8.60. The van der Waals surface area contributed by atoms with Crippen molar-refractivity contribution in [1.29, 1.82) is 5.26 Å². The minimum atomic E-state index is -0.477. The van der Waals surface area contributed by atoms with Crippen LogP contribution in [0.2, 0.25) is 0 Å². The molecular weight excluding hydrogens is 356 g/mol. The number of carbonyl (C=O) groups excluding carboxylic acids is 1. The number of carbonyl (C=O) groups is 1. The Balaban J connectivity index is 1.72. The number of aromatic amines is 1. The van der Waals surface area contributed by atoms with Crippen molar-refractivity contribution < 1.29 is 9.53 Å². The van der Waals surface area contributed by atoms with Crippen molar-refractivity contribution >= 4 is 17.5 Å². The zero-order chi connectivity index (χ0) is 20.1. The number of urea groups is 1. The number of rotatable bonds is 4. The summed E-state index contributed by atoms with van der Waals surface area (Å²) in [6.45, 7) is 6.13. The fraction of sp³-hybridized carbons (Fsp3) is 0.200. The lowest BCUT2D eigenvalue weighted by Gasteiger charge is -2.14. The Morgan fingerprint density at radius 1 is 1.18 bits per heavy atom. The Labute approximate surface area is 162 Å². The number of nitriles is 1. The molecule has 0 saturated heterocycles. The average Bonchev–Trinajstić information content (AvgIpc) is 3.11. The summed E-state index contributed by atoms with van der Waals surface area (Å²) in [5.74, 6) is 1.35. The summed E-state index contributed by atoms with van der Waals surface area (Å²) in [6, 6.07) is 11.6. The molecule has 0 spiro atoms. The molecule has 2 heterocycles. The van der Waals surface area contributed by atoms with E-state index in [1.165, 1.54) is 0 Å². The van der Waals surface area contributed by atoms with Gasteiger partial charge in [-0.3, -0.25) is 15.4 Å². The van der Waals surface area contributed by atoms with E-state index in [-0.39, 0.29) is 5.41 Å². The van der Waals surface area contributed by atoms with Gasteiger partial charge >= 0.3 is 6.03 Å². The summed E-state index contributed by atoms with van der Waals surface area (Å²) in [4.78, 5) is 16.3. The van der Waals surface area contributed by atoms with Crippen molar-refractivity contribution in [2.24, 2.45) is 0 Å². The molecule has 3 aromatic rings. The topological polar surface area (TPSA) is 116 Å². The number of benzene rings is 1. The van der Waals surface area contributed by atoms with Gasteiger partial charge < -0.3 is 10.1 Å². The van der Waals surface area contributed by atoms with Crippen molar-refractivity contribution in [2.45, 2.75) is 26.2 Å². The van der Waals surface area contributed by atoms with Crippen LogP contribution >= 0.6 is 0 Å². The SMILES string of the molecule is CC(C)(C)c1cc(NC(=O)Nc2cc(C#N)cc(Oc3cccnc3)c2)n[nH]1. The zero-order valence-electron chi connectivity index (χ0n) is 15.8. The maximum atomic E-state index is 12.3. The maximum absolute atomic E-state index is 12.3. The van der Waals surface area contributed by atoms with Gasteiger partial charge in [0.05, 0.1) is 17.8 Å². The number of anilines is 2. The molecule has 0 bridgehead atoms. The molecule has 1 aromatic carbocycles. The lowest BCUT2D eigenvalue weighted by Crippen LogP contribution is -2.19. The van der Waals surface area contributed by atoms with E-state index in [9.17, 15) is 10.1 Å². The molecule has 0 atom stereocenters. The van der Waals surface area contributed by atoms with Crippen LogP contribution in [-0.4, -0.2) is 21.2 Å². The molecule has 3 N–H and O–H groups in total. The van der Waals surface area contributed by atoms with Crippen LogP contribution in [0.15, 0.2) is 48.8 Å². The third-order valence-electron chi connectivity index (χ3n) is 3.79. The molecule has 8 heteroatoms. The zero-order valence-corrected chi connectivity index (χ0v) is 15.8. The van der Waals surface area contributed by atoms with Gasteiger partial charge in [0.25, 0.3) is 0 Å². The molecular formula is C20H20N6O2. The lowest BCUT2D eigenvalue weighted by molar-refractivity contribution is 0.262. The molecule has 0 aliphatic carbocycles. The standard InChI is InChI=1S/C20H20N6O2/c1-20(2,3)17-10-18(26-25-17)24-19(27)23-14-7-13(11-21)8-16(9-14)28-15-5-4-6-22-12-15/h4-10,12H,1-3H3,(H3,23,24,25,26,27). The van der Waals surface area contributed by atoms with Crippen LogP contribution in [0.5, 0.6) is 11.5 Å². The number of hydrogen-bond donors (Lipinski definition) is 3. The molecule has 3 rings (SSSR count). The van der Waals surface area contributed by atoms with E-state index in [4.69, 9.17) is 4.74 Å². The van der Waals surface area contributed by atoms with E-state index in [1.807, 2.05) is 20.8 Å². The molecule has 0 aliphatic rings. The van der Waals surface area contributed by atoms with Gasteiger partial charge in [0.1, 0.15) is 11.5 Å². The highest BCUT2D eigenvalue weighted by Crippen LogP contribution is 2.26. The maximum Gasteiger partial charge on any atom is 0.324 e. The van der Waals surface area contributed by atoms with Crippen molar-refractivity contribution in [3.8, 4) is 17.6 Å². The number of H-pyrrole nitrogens is 1. The predicted molar refractivity (Wildman–Crippen MR) is 105 cm³/mol. The quantitative estimate of drug-likeness (QED) is 0.624. The van der Waals surface area contributed by atoms with E-state index >= 15 is 0 Å². The van der Waals surface area contributed by atoms with E-state index in [0.717, 1.165) is 5.69 Å². The Bertz CT molecular complexity index is 1020. The van der Waals surface area contributed by atoms with Crippen LogP contribution in [0.3, 0.4) is 0 Å². The van der Waals surface area contributed by atoms with Crippen LogP contribution in [0, 0.1) is 11.3 Å². The minimum absolute atomic E-state index is 0.108. The highest BCUT2D eigenvalue weighted by molar-refractivity contribution is 5.99. The summed E-state index contributed by atoms with van der Waals surface area (Å²) in [7, 11) is 0. The Hall–Kier alpha value is -3.86. The van der Waals surface area contributed by atoms with Gasteiger partial charge in [-0.25, -0.2) is 4.79 Å². The first-order valence-electron chi connectivity index (χ1n) is 8.60. The highest BCUT2D eigenvalue weighted by Gasteiger charge is 2.17. The molecule has 142 valence electrons. The number of amides is 2. The Kier molecular flexibility index (Phi) is 5.27. The molecule has 0 aliphatic heterocycles. The first-order chi connectivity index (χ1) is 13.3. The van der Waals surface area contributed by atoms with Crippen LogP contribution in [-0.2, 0) is 5.41 Å². The van der Waals surface area contributed by atoms with E-state index < -0.39 is 6.03 Å². The van der Waals surface area contributed by atoms with E-state index in [1.54, 1.807) is 48.8 Å². The number of aromatic nitrogens is 3. The van der Waals surface area contributed by atoms with Gasteiger partial charge in [-0.2, -0.15) is 10.4 Å². The van der Waals surface area contributed by atoms with E-state index in [2.05, 4.69) is 31.9 Å². The van der Waals surface area contributed by atoms with Gasteiger partial charge in [0, 0.05) is 35.1 Å². The van der Waals surface area contributed by atoms with E-state index in [0.29, 0.717) is 28.6 Å². The monoisotopic (exact) mass is 376 g/mol. The summed E-state index contributed by atoms with van der Waals surface area (Å²) in [6.07, 6.45) is 3.19. The number of pyridine rings is 1. The Morgan fingerprint density at radius 2 is 2.00 bits per heavy atom. The average molecular weight is 376 g/mol. The smallest absolute Gasteiger partial charge is 0.324 e. The van der Waals surface area contributed by atoms with Crippen LogP contribution < -0.4 is 15.4 Å². The minimum Gasteiger partial charge on any atom is -0.456 e. The second-order valence-corrected chi connectivity index (χ2v) is 7.14. The fourth-order valence-corrected chi connectivity index (χ4v) is 2.39. The highest BCUT2D eigenvalue weighted by atomic mass is 16.5. The summed E-state index contributed by atoms with van der Waals surface area (Å²) >= 11 is 0. The van der Waals surface area contributed by atoms with Crippen molar-refractivity contribution in [1.82, 2.24) is 15.2 Å². The molecule has 2 amide bonds. The summed E-state index contributed by atoms with van der Waals surface area (Å²) < 4.78 is 5.70. The summed E-state index contributed by atoms with van der Waals surface area (Å²) in [5.41, 5.74) is 1.57. The normalized spacial score (nSPS) is 10.8. The van der Waals surface area contributed by atoms with Crippen molar-refractivity contribution in [3.63, 3.8) is 0 Å². The Morgan fingerprint density at radius 3 is 2.64 bits per heavy atom. The number of ether oxygens (including phenoxy) is 1. The molecule has 28 heavy (non-hydrogen) atoms. The number of hydrogen-bond acceptors (Lipinski definition) is 5. The molecule has 2 aromatic heterocycles. The first kappa shape index (κ1) is 18.9. The largest absolute Gasteiger partial charge is 0.456 e. The second-order valence-electron chi connectivity index (χ2n) is 7.14. The van der Waals surface area contributed by atoms with Crippen LogP contribution in [0.25, 0.3) is 0 Å². The molecule has 8 nitrogen and oxygen atoms in total. The lowest BCUT2D eigenvalue weighted by atomic mass is 9.92. The van der Waals surface area contributed by atoms with Crippen LogP contribution in [0.1, 0.15) is 32.0 Å². The van der Waals surface area contributed by atoms with Gasteiger partial charge in [0.15, 0.2) is 5.82 Å². The van der Waals surface area contributed by atoms with Gasteiger partial charge in [-0.1, -0.05) is 20.8 Å². The van der Waals surface area contributed by atoms with Gasteiger partial charge in [-0.15, -0.1) is 0 Å². The van der Waals surface area contributed by atoms with Crippen molar-refractivity contribution in [2.75, 3.05) is 10.6 Å². The second kappa shape index (κ2) is 7.80. The molecule has 0 saturated carbocycles. The third-order valence-corrected chi connectivity index (χ3v) is 3.79. The molecule has 0 radical (unpaired) electrons. The third kappa shape index (κ3) is 4.86.